The van der Waals surface area contributed by atoms with Gasteiger partial charge in [-0.15, -0.1) is 0 Å². The molecule has 32 heavy (non-hydrogen) atoms. The van der Waals surface area contributed by atoms with Gasteiger partial charge in [0.05, 0.1) is 5.56 Å². The largest absolute Gasteiger partial charge is 0.486 e. The van der Waals surface area contributed by atoms with E-state index in [1.807, 2.05) is 36.4 Å². The average Bonchev–Trinajstić information content (AvgIpc) is 2.78. The quantitative estimate of drug-likeness (QED) is 0.358. The van der Waals surface area contributed by atoms with Crippen LogP contribution in [-0.4, -0.2) is 5.91 Å². The summed E-state index contributed by atoms with van der Waals surface area (Å²) < 4.78 is 44.5. The highest BCUT2D eigenvalue weighted by atomic mass is 19.4. The summed E-state index contributed by atoms with van der Waals surface area (Å²) in [6, 6.07) is 19.5. The van der Waals surface area contributed by atoms with Crippen LogP contribution < -0.4 is 10.5 Å². The molecule has 0 aromatic heterocycles. The SMILES string of the molecule is CCCCCC(Oc1ccc(-c2ccc(C(F)(F)F)cc2)cc1)c1ccc(C(N)=O)cc1. The lowest BCUT2D eigenvalue weighted by Crippen LogP contribution is -2.12. The van der Waals surface area contributed by atoms with Crippen molar-refractivity contribution < 1.29 is 22.7 Å². The maximum Gasteiger partial charge on any atom is 0.416 e. The Labute approximate surface area is 186 Å². The molecular weight excluding hydrogens is 415 g/mol. The summed E-state index contributed by atoms with van der Waals surface area (Å²) in [5.41, 5.74) is 7.57. The molecule has 0 bridgehead atoms. The maximum absolute atomic E-state index is 12.8. The van der Waals surface area contributed by atoms with E-state index in [9.17, 15) is 18.0 Å². The number of amides is 1. The van der Waals surface area contributed by atoms with Crippen LogP contribution in [0.5, 0.6) is 5.75 Å². The summed E-state index contributed by atoms with van der Waals surface area (Å²) in [5, 5.41) is 0. The highest BCUT2D eigenvalue weighted by Crippen LogP contribution is 2.32. The second-order valence-electron chi connectivity index (χ2n) is 7.69. The number of carbonyl (C=O) groups is 1. The monoisotopic (exact) mass is 441 g/mol. The topological polar surface area (TPSA) is 52.3 Å². The number of ether oxygens (including phenoxy) is 1. The van der Waals surface area contributed by atoms with Gasteiger partial charge in [0.2, 0.25) is 5.91 Å². The summed E-state index contributed by atoms with van der Waals surface area (Å²) in [4.78, 5) is 11.3. The molecule has 0 spiro atoms. The first-order chi connectivity index (χ1) is 15.3. The second-order valence-corrected chi connectivity index (χ2v) is 7.69. The Morgan fingerprint density at radius 2 is 1.44 bits per heavy atom. The molecule has 6 heteroatoms. The number of hydrogen-bond acceptors (Lipinski definition) is 2. The Hall–Kier alpha value is -3.28. The molecule has 1 unspecified atom stereocenters. The Morgan fingerprint density at radius 1 is 0.875 bits per heavy atom. The minimum atomic E-state index is -4.35. The number of unbranched alkanes of at least 4 members (excludes halogenated alkanes) is 2. The van der Waals surface area contributed by atoms with E-state index in [4.69, 9.17) is 10.5 Å². The van der Waals surface area contributed by atoms with Crippen LogP contribution in [0.3, 0.4) is 0 Å². The Balaban J connectivity index is 1.75. The molecule has 0 aliphatic carbocycles. The summed E-state index contributed by atoms with van der Waals surface area (Å²) in [5.74, 6) is 0.194. The van der Waals surface area contributed by atoms with Gasteiger partial charge < -0.3 is 10.5 Å². The molecule has 0 aliphatic rings. The highest BCUT2D eigenvalue weighted by Gasteiger charge is 2.29. The van der Waals surface area contributed by atoms with Crippen molar-refractivity contribution in [3.63, 3.8) is 0 Å². The third kappa shape index (κ3) is 6.13. The molecule has 0 radical (unpaired) electrons. The molecule has 1 amide bonds. The molecule has 0 aliphatic heterocycles. The fraction of sp³-hybridized carbons (Fsp3) is 0.269. The standard InChI is InChI=1S/C26H26F3NO2/c1-2-3-4-5-24(20-6-8-21(9-7-20)25(30)31)32-23-16-12-19(13-17-23)18-10-14-22(15-11-18)26(27,28)29/h6-17,24H,2-5H2,1H3,(H2,30,31). The van der Waals surface area contributed by atoms with Gasteiger partial charge in [0.15, 0.2) is 0 Å². The molecule has 168 valence electrons. The third-order valence-corrected chi connectivity index (χ3v) is 5.32. The molecule has 0 heterocycles. The van der Waals surface area contributed by atoms with Crippen LogP contribution in [0, 0.1) is 0 Å². The second kappa shape index (κ2) is 10.4. The van der Waals surface area contributed by atoms with Crippen LogP contribution in [0.1, 0.15) is 60.2 Å². The van der Waals surface area contributed by atoms with E-state index in [1.165, 1.54) is 12.1 Å². The van der Waals surface area contributed by atoms with Crippen molar-refractivity contribution in [3.05, 3.63) is 89.5 Å². The molecule has 3 aromatic carbocycles. The van der Waals surface area contributed by atoms with Gasteiger partial charge in [-0.25, -0.2) is 0 Å². The van der Waals surface area contributed by atoms with E-state index in [2.05, 4.69) is 6.92 Å². The lowest BCUT2D eigenvalue weighted by Gasteiger charge is -2.20. The number of nitrogens with two attached hydrogens (primary N) is 1. The van der Waals surface area contributed by atoms with Gasteiger partial charge in [-0.1, -0.05) is 56.2 Å². The van der Waals surface area contributed by atoms with Crippen LogP contribution in [0.25, 0.3) is 11.1 Å². The van der Waals surface area contributed by atoms with E-state index >= 15 is 0 Å². The van der Waals surface area contributed by atoms with Crippen LogP contribution in [0.2, 0.25) is 0 Å². The van der Waals surface area contributed by atoms with Gasteiger partial charge in [-0.05, 0) is 65.9 Å². The van der Waals surface area contributed by atoms with Crippen LogP contribution in [0.4, 0.5) is 13.2 Å². The van der Waals surface area contributed by atoms with E-state index < -0.39 is 17.6 Å². The predicted molar refractivity (Wildman–Crippen MR) is 119 cm³/mol. The lowest BCUT2D eigenvalue weighted by molar-refractivity contribution is -0.137. The zero-order valence-corrected chi connectivity index (χ0v) is 17.9. The molecule has 3 aromatic rings. The van der Waals surface area contributed by atoms with Crippen LogP contribution in [0.15, 0.2) is 72.8 Å². The van der Waals surface area contributed by atoms with Gasteiger partial charge in [0.25, 0.3) is 0 Å². The number of hydrogen-bond donors (Lipinski definition) is 1. The van der Waals surface area contributed by atoms with Crippen molar-refractivity contribution in [2.75, 3.05) is 0 Å². The van der Waals surface area contributed by atoms with Gasteiger partial charge >= 0.3 is 6.18 Å². The van der Waals surface area contributed by atoms with Crippen molar-refractivity contribution in [1.29, 1.82) is 0 Å². The first-order valence-corrected chi connectivity index (χ1v) is 10.6. The molecule has 3 nitrogen and oxygen atoms in total. The van der Waals surface area contributed by atoms with Gasteiger partial charge in [-0.3, -0.25) is 4.79 Å². The van der Waals surface area contributed by atoms with E-state index in [0.717, 1.165) is 48.9 Å². The number of primary amides is 1. The molecule has 1 atom stereocenters. The fourth-order valence-corrected chi connectivity index (χ4v) is 3.48. The smallest absolute Gasteiger partial charge is 0.416 e. The number of rotatable bonds is 9. The first-order valence-electron chi connectivity index (χ1n) is 10.6. The van der Waals surface area contributed by atoms with Crippen molar-refractivity contribution in [3.8, 4) is 16.9 Å². The number of alkyl halides is 3. The number of carbonyl (C=O) groups excluding carboxylic acids is 1. The third-order valence-electron chi connectivity index (χ3n) is 5.32. The Bertz CT molecular complexity index is 1010. The highest BCUT2D eigenvalue weighted by molar-refractivity contribution is 5.92. The zero-order chi connectivity index (χ0) is 23.1. The minimum absolute atomic E-state index is 0.180. The fourth-order valence-electron chi connectivity index (χ4n) is 3.48. The van der Waals surface area contributed by atoms with Gasteiger partial charge in [0.1, 0.15) is 11.9 Å². The van der Waals surface area contributed by atoms with Crippen molar-refractivity contribution >= 4 is 5.91 Å². The van der Waals surface area contributed by atoms with Gasteiger partial charge in [-0.2, -0.15) is 13.2 Å². The van der Waals surface area contributed by atoms with Crippen molar-refractivity contribution in [2.45, 2.75) is 44.9 Å². The normalized spacial score (nSPS) is 12.4. The summed E-state index contributed by atoms with van der Waals surface area (Å²) in [6.07, 6.45) is -0.521. The van der Waals surface area contributed by atoms with E-state index in [0.29, 0.717) is 16.9 Å². The van der Waals surface area contributed by atoms with E-state index in [1.54, 1.807) is 12.1 Å². The Morgan fingerprint density at radius 3 is 1.94 bits per heavy atom. The first kappa shape index (κ1) is 23.4. The lowest BCUT2D eigenvalue weighted by atomic mass is 10.0. The van der Waals surface area contributed by atoms with Crippen molar-refractivity contribution in [1.82, 2.24) is 0 Å². The Kier molecular flexibility index (Phi) is 7.57. The predicted octanol–water partition coefficient (Wildman–Crippen LogP) is 7.17. The molecule has 0 saturated heterocycles. The molecule has 2 N–H and O–H groups in total. The molecular formula is C26H26F3NO2. The van der Waals surface area contributed by atoms with E-state index in [-0.39, 0.29) is 6.10 Å². The minimum Gasteiger partial charge on any atom is -0.486 e. The number of halogens is 3. The van der Waals surface area contributed by atoms with Crippen molar-refractivity contribution in [2.24, 2.45) is 5.73 Å². The number of benzene rings is 3. The molecule has 0 fully saturated rings. The maximum atomic E-state index is 12.8. The zero-order valence-electron chi connectivity index (χ0n) is 17.9. The average molecular weight is 441 g/mol. The summed E-state index contributed by atoms with van der Waals surface area (Å²) >= 11 is 0. The van der Waals surface area contributed by atoms with Gasteiger partial charge in [0, 0.05) is 5.56 Å². The van der Waals surface area contributed by atoms with Crippen LogP contribution >= 0.6 is 0 Å². The summed E-state index contributed by atoms with van der Waals surface area (Å²) in [6.45, 7) is 2.14. The summed E-state index contributed by atoms with van der Waals surface area (Å²) in [7, 11) is 0. The van der Waals surface area contributed by atoms with Crippen LogP contribution in [-0.2, 0) is 6.18 Å². The molecule has 0 saturated carbocycles. The molecule has 3 rings (SSSR count).